The number of hydrogen-bond acceptors (Lipinski definition) is 0. The summed E-state index contributed by atoms with van der Waals surface area (Å²) in [7, 11) is 0. The van der Waals surface area contributed by atoms with Gasteiger partial charge in [-0.1, -0.05) is 30.7 Å². The number of benzene rings is 2. The highest BCUT2D eigenvalue weighted by Gasteiger charge is 2.47. The molecule has 1 aliphatic heterocycles. The summed E-state index contributed by atoms with van der Waals surface area (Å²) in [6.07, 6.45) is 1.09. The van der Waals surface area contributed by atoms with E-state index in [2.05, 4.69) is 80.8 Å². The van der Waals surface area contributed by atoms with Crippen molar-refractivity contribution in [3.05, 3.63) is 65.2 Å². The first-order valence-corrected chi connectivity index (χ1v) is 8.12. The Morgan fingerprint density at radius 3 is 2.36 bits per heavy atom. The van der Waals surface area contributed by atoms with Crippen molar-refractivity contribution in [3.8, 4) is 11.3 Å². The van der Waals surface area contributed by atoms with E-state index in [1.54, 1.807) is 0 Å². The van der Waals surface area contributed by atoms with Gasteiger partial charge >= 0.3 is 0 Å². The first kappa shape index (κ1) is 13.5. The van der Waals surface area contributed by atoms with Gasteiger partial charge in [-0.2, -0.15) is 4.57 Å². The molecule has 1 unspecified atom stereocenters. The molecule has 0 fully saturated rings. The summed E-state index contributed by atoms with van der Waals surface area (Å²) < 4.78 is 2.55. The van der Waals surface area contributed by atoms with Crippen LogP contribution < -0.4 is 4.57 Å². The molecule has 2 aromatic carbocycles. The highest BCUT2D eigenvalue weighted by Crippen LogP contribution is 2.41. The maximum atomic E-state index is 2.55. The lowest BCUT2D eigenvalue weighted by atomic mass is 9.88. The zero-order chi connectivity index (χ0) is 15.5. The van der Waals surface area contributed by atoms with E-state index in [1.807, 2.05) is 0 Å². The number of pyridine rings is 1. The molecule has 110 valence electrons. The van der Waals surface area contributed by atoms with E-state index in [4.69, 9.17) is 0 Å². The van der Waals surface area contributed by atoms with E-state index in [-0.39, 0.29) is 5.54 Å². The van der Waals surface area contributed by atoms with E-state index in [0.717, 1.165) is 6.42 Å². The number of hydrogen-bond donors (Lipinski definition) is 0. The molecule has 4 rings (SSSR count). The van der Waals surface area contributed by atoms with Crippen LogP contribution in [0.2, 0.25) is 0 Å². The molecule has 0 aliphatic carbocycles. The lowest BCUT2D eigenvalue weighted by Gasteiger charge is -2.20. The molecule has 0 N–H and O–H groups in total. The van der Waals surface area contributed by atoms with Crippen LogP contribution in [0.5, 0.6) is 0 Å². The summed E-state index contributed by atoms with van der Waals surface area (Å²) in [6.45, 7) is 9.02. The number of aryl methyl sites for hydroxylation is 2. The second-order valence-electron chi connectivity index (χ2n) is 6.79. The van der Waals surface area contributed by atoms with Crippen molar-refractivity contribution in [2.24, 2.45) is 0 Å². The summed E-state index contributed by atoms with van der Waals surface area (Å²) in [5.41, 5.74) is 8.22. The number of aromatic nitrogens is 1. The second kappa shape index (κ2) is 4.42. The number of rotatable bonds is 1. The van der Waals surface area contributed by atoms with Crippen LogP contribution in [0.1, 0.15) is 37.0 Å². The monoisotopic (exact) mass is 288 g/mol. The molecule has 0 radical (unpaired) electrons. The van der Waals surface area contributed by atoms with Gasteiger partial charge < -0.3 is 0 Å². The Hall–Kier alpha value is -2.15. The van der Waals surface area contributed by atoms with Crippen LogP contribution in [0.4, 0.5) is 0 Å². The van der Waals surface area contributed by atoms with Crippen LogP contribution in [0.3, 0.4) is 0 Å². The Kier molecular flexibility index (Phi) is 2.72. The normalized spacial score (nSPS) is 19.3. The Morgan fingerprint density at radius 2 is 1.59 bits per heavy atom. The van der Waals surface area contributed by atoms with Crippen molar-refractivity contribution in [3.63, 3.8) is 0 Å². The SMILES string of the molecule is CCC1(C)c2ccc(C)cc2-c2ccc3ccc(C)cc3[n+]21. The lowest BCUT2D eigenvalue weighted by Crippen LogP contribution is -2.52. The minimum absolute atomic E-state index is 0.0334. The van der Waals surface area contributed by atoms with Crippen molar-refractivity contribution in [1.29, 1.82) is 0 Å². The third-order valence-electron chi connectivity index (χ3n) is 5.30. The first-order valence-electron chi connectivity index (χ1n) is 8.12. The van der Waals surface area contributed by atoms with Gasteiger partial charge in [0.1, 0.15) is 0 Å². The van der Waals surface area contributed by atoms with Crippen LogP contribution in [-0.2, 0) is 5.54 Å². The molecule has 0 amide bonds. The summed E-state index contributed by atoms with van der Waals surface area (Å²) in [4.78, 5) is 0. The molecular formula is C21H22N+. The Morgan fingerprint density at radius 1 is 0.909 bits per heavy atom. The fraction of sp³-hybridized carbons (Fsp3) is 0.286. The van der Waals surface area contributed by atoms with Crippen LogP contribution in [0, 0.1) is 13.8 Å². The van der Waals surface area contributed by atoms with E-state index in [1.165, 1.54) is 38.9 Å². The van der Waals surface area contributed by atoms with E-state index in [9.17, 15) is 0 Å². The molecule has 1 atom stereocenters. The van der Waals surface area contributed by atoms with Gasteiger partial charge in [-0.25, -0.2) is 0 Å². The average Bonchev–Trinajstić information content (AvgIpc) is 2.77. The average molecular weight is 288 g/mol. The molecule has 0 saturated carbocycles. The maximum Gasteiger partial charge on any atom is 0.214 e. The summed E-state index contributed by atoms with van der Waals surface area (Å²) in [6, 6.07) is 18.2. The standard InChI is InChI=1S/C21H22N/c1-5-21(4)18-10-7-14(2)12-17(18)19-11-9-16-8-6-15(3)13-20(16)22(19)21/h6-13H,5H2,1-4H3/q+1. The van der Waals surface area contributed by atoms with E-state index >= 15 is 0 Å². The molecule has 1 aromatic heterocycles. The van der Waals surface area contributed by atoms with Crippen molar-refractivity contribution < 1.29 is 4.57 Å². The van der Waals surface area contributed by atoms with Crippen LogP contribution in [0.15, 0.2) is 48.5 Å². The molecule has 0 saturated heterocycles. The topological polar surface area (TPSA) is 3.88 Å². The largest absolute Gasteiger partial charge is 0.214 e. The zero-order valence-electron chi connectivity index (χ0n) is 13.8. The Balaban J connectivity index is 2.18. The quantitative estimate of drug-likeness (QED) is 0.561. The molecule has 2 heterocycles. The molecule has 1 nitrogen and oxygen atoms in total. The van der Waals surface area contributed by atoms with Gasteiger partial charge in [-0.15, -0.1) is 0 Å². The van der Waals surface area contributed by atoms with Crippen molar-refractivity contribution >= 4 is 10.9 Å². The molecule has 0 bridgehead atoms. The predicted molar refractivity (Wildman–Crippen MR) is 92.1 cm³/mol. The first-order chi connectivity index (χ1) is 10.5. The minimum Gasteiger partial charge on any atom is -0.182 e. The van der Waals surface area contributed by atoms with Gasteiger partial charge in [0.2, 0.25) is 11.2 Å². The third-order valence-corrected chi connectivity index (χ3v) is 5.30. The van der Waals surface area contributed by atoms with E-state index < -0.39 is 0 Å². The van der Waals surface area contributed by atoms with Gasteiger partial charge in [0.05, 0.1) is 5.56 Å². The van der Waals surface area contributed by atoms with Crippen LogP contribution in [-0.4, -0.2) is 0 Å². The van der Waals surface area contributed by atoms with Gasteiger partial charge in [0.25, 0.3) is 0 Å². The van der Waals surface area contributed by atoms with Crippen molar-refractivity contribution in [2.75, 3.05) is 0 Å². The Bertz CT molecular complexity index is 907. The van der Waals surface area contributed by atoms with Crippen LogP contribution >= 0.6 is 0 Å². The third kappa shape index (κ3) is 1.62. The number of fused-ring (bicyclic) bond motifs is 5. The van der Waals surface area contributed by atoms with Gasteiger partial charge in [0, 0.05) is 36.4 Å². The van der Waals surface area contributed by atoms with E-state index in [0.29, 0.717) is 0 Å². The molecule has 1 aliphatic rings. The van der Waals surface area contributed by atoms with Crippen LogP contribution in [0.25, 0.3) is 22.2 Å². The zero-order valence-corrected chi connectivity index (χ0v) is 13.8. The molecule has 3 aromatic rings. The van der Waals surface area contributed by atoms with Crippen molar-refractivity contribution in [1.82, 2.24) is 0 Å². The molecule has 1 heteroatoms. The fourth-order valence-corrected chi connectivity index (χ4v) is 3.91. The molecule has 22 heavy (non-hydrogen) atoms. The predicted octanol–water partition coefficient (Wildman–Crippen LogP) is 4.90. The minimum atomic E-state index is 0.0334. The summed E-state index contributed by atoms with van der Waals surface area (Å²) in [5, 5.41) is 1.32. The second-order valence-corrected chi connectivity index (χ2v) is 6.79. The highest BCUT2D eigenvalue weighted by molar-refractivity contribution is 5.80. The van der Waals surface area contributed by atoms with Gasteiger partial charge in [-0.05, 0) is 37.6 Å². The Labute approximate surface area is 132 Å². The summed E-state index contributed by atoms with van der Waals surface area (Å²) in [5.74, 6) is 0. The van der Waals surface area contributed by atoms with Crippen molar-refractivity contribution in [2.45, 2.75) is 39.7 Å². The maximum absolute atomic E-state index is 2.55. The molecule has 0 spiro atoms. The highest BCUT2D eigenvalue weighted by atomic mass is 15.1. The van der Waals surface area contributed by atoms with Gasteiger partial charge in [-0.3, -0.25) is 0 Å². The smallest absolute Gasteiger partial charge is 0.182 e. The summed E-state index contributed by atoms with van der Waals surface area (Å²) >= 11 is 0. The molecular weight excluding hydrogens is 266 g/mol. The number of nitrogens with zero attached hydrogens (tertiary/aromatic N) is 1. The fourth-order valence-electron chi connectivity index (χ4n) is 3.91. The lowest BCUT2D eigenvalue weighted by molar-refractivity contribution is -0.712. The van der Waals surface area contributed by atoms with Gasteiger partial charge in [0.15, 0.2) is 5.54 Å².